The van der Waals surface area contributed by atoms with E-state index < -0.39 is 11.4 Å². The highest BCUT2D eigenvalue weighted by Crippen LogP contribution is 2.32. The van der Waals surface area contributed by atoms with Crippen molar-refractivity contribution in [1.29, 1.82) is 0 Å². The third kappa shape index (κ3) is 5.72. The van der Waals surface area contributed by atoms with Crippen molar-refractivity contribution in [3.05, 3.63) is 81.7 Å². The second-order valence-corrected chi connectivity index (χ2v) is 11.5. The summed E-state index contributed by atoms with van der Waals surface area (Å²) in [5.74, 6) is 1.42. The molecule has 190 valence electrons. The Morgan fingerprint density at radius 1 is 1.08 bits per heavy atom. The fraction of sp³-hybridized carbons (Fsp3) is 0.407. The van der Waals surface area contributed by atoms with Crippen LogP contribution in [0.15, 0.2) is 65.6 Å². The fourth-order valence-corrected chi connectivity index (χ4v) is 6.34. The molecule has 2 aliphatic rings. The van der Waals surface area contributed by atoms with Gasteiger partial charge in [0.25, 0.3) is 0 Å². The minimum atomic E-state index is -1.10. The Morgan fingerprint density at radius 2 is 1.86 bits per heavy atom. The van der Waals surface area contributed by atoms with Crippen LogP contribution in [0.4, 0.5) is 5.69 Å². The van der Waals surface area contributed by atoms with Crippen molar-refractivity contribution >= 4 is 28.7 Å². The van der Waals surface area contributed by atoms with Gasteiger partial charge in [-0.1, -0.05) is 54.9 Å². The van der Waals surface area contributed by atoms with E-state index in [1.54, 1.807) is 24.4 Å². The average molecular weight is 527 g/mol. The van der Waals surface area contributed by atoms with Crippen LogP contribution in [0.2, 0.25) is 5.02 Å². The topological polar surface area (TPSA) is 73.7 Å². The zero-order valence-electron chi connectivity index (χ0n) is 20.4. The van der Waals surface area contributed by atoms with Crippen LogP contribution in [0.5, 0.6) is 5.75 Å². The summed E-state index contributed by atoms with van der Waals surface area (Å²) in [5, 5.41) is 5.01. The Balaban J connectivity index is 1.36. The number of hydrogen-bond acceptors (Lipinski definition) is 6. The first-order valence-corrected chi connectivity index (χ1v) is 14.1. The lowest BCUT2D eigenvalue weighted by Crippen LogP contribution is -2.49. The minimum absolute atomic E-state index is 0.0151. The Labute approximate surface area is 219 Å². The molecule has 1 aliphatic heterocycles. The van der Waals surface area contributed by atoms with Crippen molar-refractivity contribution in [2.75, 3.05) is 31.1 Å². The van der Waals surface area contributed by atoms with E-state index in [1.807, 2.05) is 40.7 Å². The monoisotopic (exact) mass is 526 g/mol. The van der Waals surface area contributed by atoms with Gasteiger partial charge < -0.3 is 14.2 Å². The molecule has 9 heteroatoms. The summed E-state index contributed by atoms with van der Waals surface area (Å²) in [4.78, 5) is 15.8. The van der Waals surface area contributed by atoms with Crippen LogP contribution in [-0.2, 0) is 17.1 Å². The second-order valence-electron chi connectivity index (χ2n) is 9.58. The summed E-state index contributed by atoms with van der Waals surface area (Å²) in [6, 6.07) is 17.0. The summed E-state index contributed by atoms with van der Waals surface area (Å²) in [5.41, 5.74) is 2.08. The van der Waals surface area contributed by atoms with Gasteiger partial charge in [-0.25, -0.2) is 0 Å². The van der Waals surface area contributed by atoms with Crippen LogP contribution in [0.25, 0.3) is 5.69 Å². The molecule has 5 rings (SSSR count). The third-order valence-electron chi connectivity index (χ3n) is 6.90. The molecule has 1 aliphatic carbocycles. The van der Waals surface area contributed by atoms with Gasteiger partial charge in [-0.2, -0.15) is 9.78 Å². The molecule has 36 heavy (non-hydrogen) atoms. The lowest BCUT2D eigenvalue weighted by molar-refractivity contribution is 0.201. The number of rotatable bonds is 7. The second kappa shape index (κ2) is 11.3. The quantitative estimate of drug-likeness (QED) is 0.424. The highest BCUT2D eigenvalue weighted by molar-refractivity contribution is 7.88. The highest BCUT2D eigenvalue weighted by Gasteiger charge is 2.31. The van der Waals surface area contributed by atoms with Crippen molar-refractivity contribution in [3.8, 4) is 11.4 Å². The van der Waals surface area contributed by atoms with Crippen molar-refractivity contribution in [2.45, 2.75) is 38.0 Å². The molecule has 0 bridgehead atoms. The van der Waals surface area contributed by atoms with Crippen LogP contribution >= 0.6 is 11.6 Å². The van der Waals surface area contributed by atoms with Crippen molar-refractivity contribution < 1.29 is 9.29 Å². The van der Waals surface area contributed by atoms with E-state index in [9.17, 15) is 9.35 Å². The number of aromatic nitrogens is 2. The first-order valence-electron chi connectivity index (χ1n) is 12.4. The zero-order chi connectivity index (χ0) is 25.1. The van der Waals surface area contributed by atoms with Gasteiger partial charge in [-0.05, 0) is 43.4 Å². The van der Waals surface area contributed by atoms with E-state index >= 15 is 0 Å². The molecule has 2 fully saturated rings. The maximum atomic E-state index is 13.6. The average Bonchev–Trinajstić information content (AvgIpc) is 3.30. The first kappa shape index (κ1) is 25.1. The maximum Gasteiger partial charge on any atom is 0.316 e. The van der Waals surface area contributed by atoms with Gasteiger partial charge in [0.05, 0.1) is 31.1 Å². The number of hydrogen-bond donors (Lipinski definition) is 0. The Bertz CT molecular complexity index is 1230. The Hall–Kier alpha value is -2.52. The van der Waals surface area contributed by atoms with E-state index in [-0.39, 0.29) is 11.7 Å². The lowest BCUT2D eigenvalue weighted by Gasteiger charge is -2.36. The minimum Gasteiger partial charge on any atom is -0.598 e. The number of piperazine rings is 1. The maximum absolute atomic E-state index is 13.6. The Morgan fingerprint density at radius 3 is 2.56 bits per heavy atom. The normalized spacial score (nSPS) is 21.5. The number of anilines is 1. The molecule has 0 spiro atoms. The molecular weight excluding hydrogens is 496 g/mol. The molecule has 1 saturated carbocycles. The van der Waals surface area contributed by atoms with Gasteiger partial charge in [0.1, 0.15) is 5.69 Å². The predicted octanol–water partition coefficient (Wildman–Crippen LogP) is 4.44. The largest absolute Gasteiger partial charge is 0.598 e. The lowest BCUT2D eigenvalue weighted by atomic mass is 10.1. The summed E-state index contributed by atoms with van der Waals surface area (Å²) in [6.07, 6.45) is 4.70. The zero-order valence-corrected chi connectivity index (χ0v) is 22.0. The molecule has 3 unspecified atom stereocenters. The van der Waals surface area contributed by atoms with Gasteiger partial charge in [0.2, 0.25) is 5.75 Å². The van der Waals surface area contributed by atoms with Gasteiger partial charge >= 0.3 is 5.56 Å². The molecule has 2 heterocycles. The molecule has 0 amide bonds. The molecule has 3 atom stereocenters. The standard InChI is InChI=1S/C27H31ClN4O3S/c1-20-10-11-24(16-20)35-26-25(18-29-32(27(26)33)23-9-5-8-22(28)17-23)30-12-14-31(15-13-30)36(34)19-21-6-3-2-4-7-21/h2-9,17-18,20,24H,10-16,19H2,1H3. The summed E-state index contributed by atoms with van der Waals surface area (Å²) in [6.45, 7) is 4.77. The smallest absolute Gasteiger partial charge is 0.316 e. The van der Waals surface area contributed by atoms with Crippen molar-refractivity contribution in [3.63, 3.8) is 0 Å². The summed E-state index contributed by atoms with van der Waals surface area (Å²) < 4.78 is 22.7. The van der Waals surface area contributed by atoms with Gasteiger partial charge in [0.15, 0.2) is 5.75 Å². The number of benzene rings is 2. The molecule has 1 aromatic heterocycles. The van der Waals surface area contributed by atoms with Gasteiger partial charge in [-0.15, -0.1) is 4.31 Å². The van der Waals surface area contributed by atoms with Crippen molar-refractivity contribution in [2.24, 2.45) is 5.92 Å². The molecule has 0 N–H and O–H groups in total. The molecule has 0 radical (unpaired) electrons. The number of nitrogens with zero attached hydrogens (tertiary/aromatic N) is 4. The predicted molar refractivity (Wildman–Crippen MR) is 144 cm³/mol. The molecule has 3 aromatic rings. The third-order valence-corrected chi connectivity index (χ3v) is 8.66. The summed E-state index contributed by atoms with van der Waals surface area (Å²) in [7, 11) is 0. The van der Waals surface area contributed by atoms with E-state index in [0.29, 0.717) is 60.0 Å². The van der Waals surface area contributed by atoms with Gasteiger partial charge in [-0.3, -0.25) is 4.79 Å². The van der Waals surface area contributed by atoms with Crippen LogP contribution in [-0.4, -0.2) is 50.9 Å². The van der Waals surface area contributed by atoms with E-state index in [4.69, 9.17) is 16.3 Å². The first-order chi connectivity index (χ1) is 17.5. The summed E-state index contributed by atoms with van der Waals surface area (Å²) >= 11 is 5.08. The van der Waals surface area contributed by atoms with E-state index in [2.05, 4.69) is 16.9 Å². The van der Waals surface area contributed by atoms with E-state index in [1.165, 1.54) is 4.68 Å². The van der Waals surface area contributed by atoms with Crippen molar-refractivity contribution in [1.82, 2.24) is 14.1 Å². The Kier molecular flexibility index (Phi) is 7.86. The van der Waals surface area contributed by atoms with Crippen LogP contribution < -0.4 is 15.2 Å². The van der Waals surface area contributed by atoms with Crippen LogP contribution in [0.1, 0.15) is 31.7 Å². The molecule has 2 aromatic carbocycles. The molecule has 1 saturated heterocycles. The molecular formula is C27H31ClN4O3S. The SMILES string of the molecule is CC1CCC(Oc2c(N3CCN([S+]([O-])Cc4ccccc4)CC3)cnn(-c3cccc(Cl)c3)c2=O)C1. The van der Waals surface area contributed by atoms with Gasteiger partial charge in [0, 0.05) is 35.0 Å². The highest BCUT2D eigenvalue weighted by atomic mass is 35.5. The van der Waals surface area contributed by atoms with E-state index in [0.717, 1.165) is 24.8 Å². The van der Waals surface area contributed by atoms with Crippen LogP contribution in [0.3, 0.4) is 0 Å². The number of halogens is 1. The molecule has 7 nitrogen and oxygen atoms in total. The number of ether oxygens (including phenoxy) is 1. The van der Waals surface area contributed by atoms with Crippen LogP contribution in [0, 0.1) is 5.92 Å². The fourth-order valence-electron chi connectivity index (χ4n) is 4.93.